The molecule has 3 aromatic rings. The average Bonchev–Trinajstić information content (AvgIpc) is 3.07. The lowest BCUT2D eigenvalue weighted by Crippen LogP contribution is -2.38. The Kier molecular flexibility index (Phi) is 2.92. The first-order chi connectivity index (χ1) is 11.8. The molecule has 1 fully saturated rings. The molecule has 6 rings (SSSR count). The molecule has 0 atom stereocenters. The first-order valence-electron chi connectivity index (χ1n) is 8.54. The van der Waals surface area contributed by atoms with E-state index < -0.39 is 0 Å². The Hall–Kier alpha value is -2.75. The van der Waals surface area contributed by atoms with E-state index in [0.29, 0.717) is 11.7 Å². The molecule has 0 radical (unpaired) electrons. The summed E-state index contributed by atoms with van der Waals surface area (Å²) in [5.41, 5.74) is 5.83. The molecule has 0 aliphatic carbocycles. The van der Waals surface area contributed by atoms with Gasteiger partial charge in [-0.15, -0.1) is 0 Å². The first kappa shape index (κ1) is 13.7. The van der Waals surface area contributed by atoms with Crippen molar-refractivity contribution in [1.29, 1.82) is 0 Å². The van der Waals surface area contributed by atoms with Gasteiger partial charge in [-0.2, -0.15) is 5.10 Å². The van der Waals surface area contributed by atoms with Gasteiger partial charge in [-0.25, -0.2) is 4.68 Å². The highest BCUT2D eigenvalue weighted by Crippen LogP contribution is 2.47. The summed E-state index contributed by atoms with van der Waals surface area (Å²) in [6.45, 7) is 2.23. The van der Waals surface area contributed by atoms with Crippen LogP contribution >= 0.6 is 0 Å². The molecule has 120 valence electrons. The summed E-state index contributed by atoms with van der Waals surface area (Å²) in [6, 6.07) is 17.8. The van der Waals surface area contributed by atoms with E-state index in [0.717, 1.165) is 30.0 Å². The van der Waals surface area contributed by atoms with Gasteiger partial charge in [0.25, 0.3) is 0 Å². The third-order valence-corrected chi connectivity index (χ3v) is 5.23. The molecule has 24 heavy (non-hydrogen) atoms. The minimum Gasteiger partial charge on any atom is -0.508 e. The largest absolute Gasteiger partial charge is 0.508 e. The topological polar surface area (TPSA) is 41.3 Å². The molecule has 0 spiro atoms. The summed E-state index contributed by atoms with van der Waals surface area (Å²) >= 11 is 0. The quantitative estimate of drug-likeness (QED) is 0.778. The van der Waals surface area contributed by atoms with Crippen molar-refractivity contribution in [2.45, 2.75) is 18.8 Å². The molecule has 3 aliphatic rings. The predicted octanol–water partition coefficient (Wildman–Crippen LogP) is 3.94. The molecule has 2 aromatic carbocycles. The Morgan fingerprint density at radius 3 is 2.33 bits per heavy atom. The normalized spacial score (nSPS) is 16.4. The summed E-state index contributed by atoms with van der Waals surface area (Å²) in [5, 5.41) is 14.7. The number of aromatic nitrogens is 2. The van der Waals surface area contributed by atoms with Gasteiger partial charge in [-0.1, -0.05) is 18.2 Å². The van der Waals surface area contributed by atoms with Crippen molar-refractivity contribution in [3.05, 3.63) is 60.3 Å². The number of anilines is 1. The highest BCUT2D eigenvalue weighted by Gasteiger charge is 2.37. The Labute approximate surface area is 141 Å². The zero-order valence-electron chi connectivity index (χ0n) is 13.4. The fourth-order valence-electron chi connectivity index (χ4n) is 4.02. The van der Waals surface area contributed by atoms with Crippen LogP contribution in [0.25, 0.3) is 16.9 Å². The second-order valence-electron chi connectivity index (χ2n) is 6.64. The van der Waals surface area contributed by atoms with Gasteiger partial charge in [-0.3, -0.25) is 0 Å². The van der Waals surface area contributed by atoms with Crippen molar-refractivity contribution in [2.24, 2.45) is 0 Å². The Morgan fingerprint density at radius 2 is 1.62 bits per heavy atom. The molecule has 3 aliphatic heterocycles. The van der Waals surface area contributed by atoms with Crippen LogP contribution in [0.4, 0.5) is 5.69 Å². The Balaban J connectivity index is 1.78. The van der Waals surface area contributed by atoms with Crippen LogP contribution in [0.2, 0.25) is 0 Å². The maximum Gasteiger partial charge on any atom is 0.115 e. The molecule has 4 heterocycles. The minimum absolute atomic E-state index is 0.292. The van der Waals surface area contributed by atoms with E-state index in [2.05, 4.69) is 21.7 Å². The fourth-order valence-corrected chi connectivity index (χ4v) is 4.02. The standard InChI is InChI=1S/C20H19N3O/c24-17-8-6-15(7-9-17)19-20-18(14-10-12-22(20)13-11-14)21-23(19)16-4-2-1-3-5-16/h1-9,14,24H,10-13H2. The highest BCUT2D eigenvalue weighted by atomic mass is 16.3. The smallest absolute Gasteiger partial charge is 0.115 e. The van der Waals surface area contributed by atoms with Gasteiger partial charge in [0, 0.05) is 24.6 Å². The van der Waals surface area contributed by atoms with Gasteiger partial charge >= 0.3 is 0 Å². The van der Waals surface area contributed by atoms with Crippen LogP contribution in [-0.4, -0.2) is 28.0 Å². The van der Waals surface area contributed by atoms with Crippen LogP contribution in [0, 0.1) is 0 Å². The number of hydrogen-bond donors (Lipinski definition) is 1. The number of para-hydroxylation sites is 1. The zero-order valence-corrected chi connectivity index (χ0v) is 13.4. The second kappa shape index (κ2) is 5.13. The van der Waals surface area contributed by atoms with Gasteiger partial charge in [0.15, 0.2) is 0 Å². The monoisotopic (exact) mass is 317 g/mol. The van der Waals surface area contributed by atoms with E-state index in [9.17, 15) is 5.11 Å². The van der Waals surface area contributed by atoms with Crippen molar-refractivity contribution in [2.75, 3.05) is 18.0 Å². The summed E-state index contributed by atoms with van der Waals surface area (Å²) in [4.78, 5) is 2.48. The van der Waals surface area contributed by atoms with Crippen molar-refractivity contribution < 1.29 is 5.11 Å². The van der Waals surface area contributed by atoms with Crippen LogP contribution in [0.3, 0.4) is 0 Å². The molecule has 0 amide bonds. The highest BCUT2D eigenvalue weighted by molar-refractivity contribution is 5.81. The number of phenolic OH excluding ortho intramolecular Hbond substituents is 1. The zero-order chi connectivity index (χ0) is 16.1. The van der Waals surface area contributed by atoms with Crippen molar-refractivity contribution in [3.8, 4) is 22.7 Å². The van der Waals surface area contributed by atoms with Crippen LogP contribution in [-0.2, 0) is 0 Å². The Bertz CT molecular complexity index is 875. The van der Waals surface area contributed by atoms with Crippen molar-refractivity contribution in [3.63, 3.8) is 0 Å². The lowest BCUT2D eigenvalue weighted by Gasteiger charge is -2.39. The van der Waals surface area contributed by atoms with Gasteiger partial charge in [0.2, 0.25) is 0 Å². The molecule has 1 aromatic heterocycles. The fraction of sp³-hybridized carbons (Fsp3) is 0.250. The number of hydrogen-bond acceptors (Lipinski definition) is 3. The summed E-state index contributed by atoms with van der Waals surface area (Å²) in [7, 11) is 0. The van der Waals surface area contributed by atoms with Crippen LogP contribution < -0.4 is 4.90 Å². The maximum atomic E-state index is 9.65. The first-order valence-corrected chi connectivity index (χ1v) is 8.54. The molecule has 0 unspecified atom stereocenters. The number of piperidine rings is 1. The van der Waals surface area contributed by atoms with E-state index in [1.54, 1.807) is 12.1 Å². The average molecular weight is 317 g/mol. The van der Waals surface area contributed by atoms with E-state index >= 15 is 0 Å². The molecule has 0 saturated carbocycles. The van der Waals surface area contributed by atoms with Gasteiger partial charge < -0.3 is 10.0 Å². The Morgan fingerprint density at radius 1 is 0.917 bits per heavy atom. The molecular weight excluding hydrogens is 298 g/mol. The molecule has 4 nitrogen and oxygen atoms in total. The van der Waals surface area contributed by atoms with E-state index in [1.165, 1.54) is 24.2 Å². The third-order valence-electron chi connectivity index (χ3n) is 5.23. The molecule has 1 N–H and O–H groups in total. The molecule has 1 saturated heterocycles. The van der Waals surface area contributed by atoms with Gasteiger partial charge in [0.1, 0.15) is 5.75 Å². The minimum atomic E-state index is 0.292. The number of rotatable bonds is 2. The van der Waals surface area contributed by atoms with E-state index in [1.807, 2.05) is 30.3 Å². The van der Waals surface area contributed by atoms with Gasteiger partial charge in [0.05, 0.1) is 22.8 Å². The molecule has 4 heteroatoms. The van der Waals surface area contributed by atoms with Gasteiger partial charge in [-0.05, 0) is 49.2 Å². The third kappa shape index (κ3) is 1.96. The lowest BCUT2D eigenvalue weighted by molar-refractivity contribution is 0.465. The van der Waals surface area contributed by atoms with Crippen molar-refractivity contribution in [1.82, 2.24) is 9.78 Å². The van der Waals surface area contributed by atoms with Crippen molar-refractivity contribution >= 4 is 5.69 Å². The van der Waals surface area contributed by atoms with Crippen LogP contribution in [0.15, 0.2) is 54.6 Å². The number of benzene rings is 2. The second-order valence-corrected chi connectivity index (χ2v) is 6.64. The number of nitrogens with zero attached hydrogens (tertiary/aromatic N) is 3. The summed E-state index contributed by atoms with van der Waals surface area (Å²) in [5.74, 6) is 0.867. The van der Waals surface area contributed by atoms with E-state index in [-0.39, 0.29) is 0 Å². The molecule has 2 bridgehead atoms. The van der Waals surface area contributed by atoms with E-state index in [4.69, 9.17) is 5.10 Å². The number of aromatic hydroxyl groups is 1. The SMILES string of the molecule is Oc1ccc(-c2c3c(nn2-c2ccccc2)C2CCN3CC2)cc1. The summed E-state index contributed by atoms with van der Waals surface area (Å²) < 4.78 is 2.08. The van der Waals surface area contributed by atoms with Crippen LogP contribution in [0.1, 0.15) is 24.5 Å². The maximum absolute atomic E-state index is 9.65. The number of phenols is 1. The predicted molar refractivity (Wildman–Crippen MR) is 94.9 cm³/mol. The summed E-state index contributed by atoms with van der Waals surface area (Å²) in [6.07, 6.45) is 2.40. The van der Waals surface area contributed by atoms with Crippen LogP contribution in [0.5, 0.6) is 5.75 Å². The lowest BCUT2D eigenvalue weighted by atomic mass is 9.86. The number of fused-ring (bicyclic) bond motifs is 2. The molecular formula is C20H19N3O.